The van der Waals surface area contributed by atoms with Crippen LogP contribution in [-0.2, 0) is 18.9 Å². The molecule has 28 heavy (non-hydrogen) atoms. The minimum atomic E-state index is -0.0695. The third-order valence-electron chi connectivity index (χ3n) is 4.67. The van der Waals surface area contributed by atoms with Crippen LogP contribution in [0.3, 0.4) is 0 Å². The van der Waals surface area contributed by atoms with Crippen molar-refractivity contribution in [2.24, 2.45) is 0 Å². The van der Waals surface area contributed by atoms with Crippen molar-refractivity contribution >= 4 is 0 Å². The van der Waals surface area contributed by atoms with Gasteiger partial charge in [0.25, 0.3) is 0 Å². The Balaban J connectivity index is 0.000000167. The van der Waals surface area contributed by atoms with Crippen molar-refractivity contribution in [3.8, 4) is 11.1 Å². The van der Waals surface area contributed by atoms with Crippen LogP contribution in [0.1, 0.15) is 32.6 Å². The monoisotopic (exact) mass is 384 g/mol. The lowest BCUT2D eigenvalue weighted by atomic mass is 10.1. The fraction of sp³-hybridized carbons (Fsp3) is 0.500. The Hall–Kier alpha value is -1.72. The Morgan fingerprint density at radius 3 is 1.64 bits per heavy atom. The molecule has 0 spiro atoms. The van der Waals surface area contributed by atoms with Crippen LogP contribution < -0.4 is 0 Å². The first-order valence-corrected chi connectivity index (χ1v) is 10.4. The molecule has 4 nitrogen and oxygen atoms in total. The van der Waals surface area contributed by atoms with Crippen LogP contribution in [0.15, 0.2) is 60.7 Å². The van der Waals surface area contributed by atoms with E-state index in [1.807, 2.05) is 12.1 Å². The van der Waals surface area contributed by atoms with Gasteiger partial charge >= 0.3 is 0 Å². The molecule has 4 rings (SSSR count). The Bertz CT molecular complexity index is 585. The number of epoxide rings is 2. The molecule has 0 N–H and O–H groups in total. The minimum Gasteiger partial charge on any atom is -0.371 e. The molecule has 4 heteroatoms. The van der Waals surface area contributed by atoms with Crippen molar-refractivity contribution in [1.29, 1.82) is 0 Å². The van der Waals surface area contributed by atoms with Gasteiger partial charge in [-0.05, 0) is 24.0 Å². The van der Waals surface area contributed by atoms with Crippen LogP contribution in [0, 0.1) is 0 Å². The molecule has 2 heterocycles. The Morgan fingerprint density at radius 2 is 1.25 bits per heavy atom. The molecule has 2 aromatic carbocycles. The molecule has 2 unspecified atom stereocenters. The number of rotatable bonds is 11. The summed E-state index contributed by atoms with van der Waals surface area (Å²) >= 11 is 0. The zero-order chi connectivity index (χ0) is 19.4. The molecule has 0 amide bonds. The standard InChI is InChI=1S/C12H22O4.C12H10/c1-2-3-4-5-12(15-8-10-6-13-10)16-9-11-7-14-11;1-3-7-11(8-4-1)12-9-5-2-6-10-12/h10-12H,2-9H2,1H3;1-10H. The molecule has 2 aliphatic heterocycles. The van der Waals surface area contributed by atoms with Gasteiger partial charge in [-0.3, -0.25) is 0 Å². The van der Waals surface area contributed by atoms with E-state index in [1.165, 1.54) is 24.0 Å². The highest BCUT2D eigenvalue weighted by molar-refractivity contribution is 5.62. The summed E-state index contributed by atoms with van der Waals surface area (Å²) in [5.74, 6) is 0. The predicted molar refractivity (Wildman–Crippen MR) is 111 cm³/mol. The molecule has 152 valence electrons. The smallest absolute Gasteiger partial charge is 0.157 e. The minimum absolute atomic E-state index is 0.0695. The number of benzene rings is 2. The van der Waals surface area contributed by atoms with Crippen molar-refractivity contribution in [2.75, 3.05) is 26.4 Å². The van der Waals surface area contributed by atoms with E-state index in [9.17, 15) is 0 Å². The maximum Gasteiger partial charge on any atom is 0.157 e. The SMILES string of the molecule is CCCCCC(OCC1CO1)OCC1CO1.c1ccc(-c2ccccc2)cc1. The van der Waals surface area contributed by atoms with Crippen molar-refractivity contribution in [2.45, 2.75) is 51.1 Å². The largest absolute Gasteiger partial charge is 0.371 e. The summed E-state index contributed by atoms with van der Waals surface area (Å²) in [6.07, 6.45) is 5.17. The summed E-state index contributed by atoms with van der Waals surface area (Å²) in [4.78, 5) is 0. The molecule has 0 aliphatic carbocycles. The van der Waals surface area contributed by atoms with Crippen LogP contribution in [-0.4, -0.2) is 44.9 Å². The highest BCUT2D eigenvalue weighted by atomic mass is 16.7. The van der Waals surface area contributed by atoms with E-state index in [4.69, 9.17) is 18.9 Å². The Morgan fingerprint density at radius 1 is 0.786 bits per heavy atom. The van der Waals surface area contributed by atoms with Crippen LogP contribution in [0.4, 0.5) is 0 Å². The fourth-order valence-corrected chi connectivity index (χ4v) is 2.79. The average molecular weight is 385 g/mol. The molecule has 0 radical (unpaired) electrons. The van der Waals surface area contributed by atoms with Crippen molar-refractivity contribution in [3.63, 3.8) is 0 Å². The zero-order valence-electron chi connectivity index (χ0n) is 16.8. The zero-order valence-corrected chi connectivity index (χ0v) is 16.8. The maximum atomic E-state index is 5.69. The molecular formula is C24H32O4. The summed E-state index contributed by atoms with van der Waals surface area (Å²) in [7, 11) is 0. The van der Waals surface area contributed by atoms with Crippen LogP contribution in [0.5, 0.6) is 0 Å². The van der Waals surface area contributed by atoms with E-state index >= 15 is 0 Å². The Kier molecular flexibility index (Phi) is 8.98. The third-order valence-corrected chi connectivity index (χ3v) is 4.67. The molecule has 2 aliphatic rings. The van der Waals surface area contributed by atoms with Gasteiger partial charge in [0.15, 0.2) is 6.29 Å². The van der Waals surface area contributed by atoms with Crippen molar-refractivity contribution in [3.05, 3.63) is 60.7 Å². The second kappa shape index (κ2) is 12.0. The normalized spacial score (nSPS) is 20.8. The van der Waals surface area contributed by atoms with Crippen molar-refractivity contribution in [1.82, 2.24) is 0 Å². The van der Waals surface area contributed by atoms with Gasteiger partial charge in [-0.25, -0.2) is 0 Å². The van der Waals surface area contributed by atoms with Gasteiger partial charge in [-0.1, -0.05) is 80.4 Å². The first-order chi connectivity index (χ1) is 13.8. The highest BCUT2D eigenvalue weighted by Crippen LogP contribution is 2.18. The summed E-state index contributed by atoms with van der Waals surface area (Å²) in [5, 5.41) is 0. The van der Waals surface area contributed by atoms with Crippen molar-refractivity contribution < 1.29 is 18.9 Å². The van der Waals surface area contributed by atoms with Gasteiger partial charge in [-0.15, -0.1) is 0 Å². The molecule has 0 aromatic heterocycles. The summed E-state index contributed by atoms with van der Waals surface area (Å²) in [6.45, 7) is 5.22. The quantitative estimate of drug-likeness (QED) is 0.308. The number of hydrogen-bond acceptors (Lipinski definition) is 4. The molecule has 2 fully saturated rings. The van der Waals surface area contributed by atoms with E-state index in [2.05, 4.69) is 55.5 Å². The van der Waals surface area contributed by atoms with Gasteiger partial charge in [-0.2, -0.15) is 0 Å². The summed E-state index contributed by atoms with van der Waals surface area (Å²) in [6, 6.07) is 20.8. The second-order valence-corrected chi connectivity index (χ2v) is 7.23. The van der Waals surface area contributed by atoms with Crippen LogP contribution in [0.2, 0.25) is 0 Å². The van der Waals surface area contributed by atoms with Crippen LogP contribution >= 0.6 is 0 Å². The first-order valence-electron chi connectivity index (χ1n) is 10.4. The summed E-state index contributed by atoms with van der Waals surface area (Å²) in [5.41, 5.74) is 2.55. The van der Waals surface area contributed by atoms with E-state index in [0.29, 0.717) is 25.4 Å². The van der Waals surface area contributed by atoms with Crippen LogP contribution in [0.25, 0.3) is 11.1 Å². The van der Waals surface area contributed by atoms with Gasteiger partial charge in [0, 0.05) is 0 Å². The molecule has 2 saturated heterocycles. The van der Waals surface area contributed by atoms with Gasteiger partial charge in [0.05, 0.1) is 26.4 Å². The fourth-order valence-electron chi connectivity index (χ4n) is 2.79. The molecule has 2 atom stereocenters. The predicted octanol–water partition coefficient (Wildman–Crippen LogP) is 5.08. The molecule has 0 bridgehead atoms. The topological polar surface area (TPSA) is 43.5 Å². The maximum absolute atomic E-state index is 5.69. The van der Waals surface area contributed by atoms with E-state index in [0.717, 1.165) is 26.1 Å². The lowest BCUT2D eigenvalue weighted by molar-refractivity contribution is -0.151. The molecular weight excluding hydrogens is 352 g/mol. The van der Waals surface area contributed by atoms with Gasteiger partial charge < -0.3 is 18.9 Å². The van der Waals surface area contributed by atoms with E-state index in [1.54, 1.807) is 0 Å². The van der Waals surface area contributed by atoms with Gasteiger partial charge in [0.1, 0.15) is 12.2 Å². The number of hydrogen-bond donors (Lipinski definition) is 0. The first kappa shape index (κ1) is 21.0. The lowest BCUT2D eigenvalue weighted by Crippen LogP contribution is -2.22. The number of ether oxygens (including phenoxy) is 4. The summed E-state index contributed by atoms with van der Waals surface area (Å²) < 4.78 is 21.6. The lowest BCUT2D eigenvalue weighted by Gasteiger charge is -2.17. The van der Waals surface area contributed by atoms with E-state index in [-0.39, 0.29) is 6.29 Å². The number of unbranched alkanes of at least 4 members (excludes halogenated alkanes) is 2. The molecule has 0 saturated carbocycles. The van der Waals surface area contributed by atoms with E-state index < -0.39 is 0 Å². The molecule has 2 aromatic rings. The second-order valence-electron chi connectivity index (χ2n) is 7.23. The third kappa shape index (κ3) is 8.53. The highest BCUT2D eigenvalue weighted by Gasteiger charge is 2.27. The average Bonchev–Trinajstić information content (AvgIpc) is 3.66. The Labute approximate surface area is 168 Å². The van der Waals surface area contributed by atoms with Gasteiger partial charge in [0.2, 0.25) is 0 Å².